The van der Waals surface area contributed by atoms with Crippen molar-refractivity contribution in [2.24, 2.45) is 0 Å². The molecule has 3 aromatic heterocycles. The number of carbonyl (C=O) groups is 1. The Hall–Kier alpha value is -1.93. The average Bonchev–Trinajstić information content (AvgIpc) is 3.26. The number of halogens is 2. The van der Waals surface area contributed by atoms with Crippen LogP contribution in [0.25, 0.3) is 15.3 Å². The summed E-state index contributed by atoms with van der Waals surface area (Å²) in [7, 11) is 0. The molecule has 0 unspecified atom stereocenters. The Kier molecular flexibility index (Phi) is 4.24. The van der Waals surface area contributed by atoms with E-state index in [9.17, 15) is 4.79 Å². The summed E-state index contributed by atoms with van der Waals surface area (Å²) in [5.41, 5.74) is 1.49. The van der Waals surface area contributed by atoms with Crippen molar-refractivity contribution >= 4 is 67.8 Å². The van der Waals surface area contributed by atoms with Crippen molar-refractivity contribution in [1.82, 2.24) is 14.8 Å². The molecular formula is C16H10Cl2N4OS2. The number of carbonyl (C=O) groups excluding carboxylic acids is 1. The van der Waals surface area contributed by atoms with Gasteiger partial charge in [0.1, 0.15) is 11.3 Å². The van der Waals surface area contributed by atoms with Crippen LogP contribution in [0, 0.1) is 6.92 Å². The number of para-hydroxylation sites is 1. The van der Waals surface area contributed by atoms with Crippen LogP contribution in [0.2, 0.25) is 9.36 Å². The fraction of sp³-hybridized carbons (Fsp3) is 0.0625. The molecule has 0 atom stereocenters. The highest BCUT2D eigenvalue weighted by Crippen LogP contribution is 2.31. The molecule has 4 rings (SSSR count). The highest BCUT2D eigenvalue weighted by molar-refractivity contribution is 7.21. The van der Waals surface area contributed by atoms with Gasteiger partial charge in [0.05, 0.1) is 24.6 Å². The van der Waals surface area contributed by atoms with Gasteiger partial charge in [0.2, 0.25) is 5.13 Å². The molecule has 0 aliphatic heterocycles. The van der Waals surface area contributed by atoms with E-state index in [1.807, 2.05) is 19.1 Å². The Morgan fingerprint density at radius 2 is 2.04 bits per heavy atom. The minimum absolute atomic E-state index is 0.239. The third-order valence-electron chi connectivity index (χ3n) is 3.41. The van der Waals surface area contributed by atoms with Gasteiger partial charge in [0.25, 0.3) is 5.91 Å². The molecule has 0 aliphatic rings. The van der Waals surface area contributed by atoms with Crippen LogP contribution in [0.1, 0.15) is 15.4 Å². The Morgan fingerprint density at radius 3 is 2.76 bits per heavy atom. The standard InChI is InChI=1S/C16H10Cl2N4OS2/c1-8-7-13(19-15(23)11-5-6-12(18)24-11)22(21-8)16-20-14-9(17)3-2-4-10(14)25-16/h2-7H,1H3,(H,19,23). The highest BCUT2D eigenvalue weighted by Gasteiger charge is 2.17. The van der Waals surface area contributed by atoms with E-state index in [1.165, 1.54) is 22.7 Å². The number of aromatic nitrogens is 3. The fourth-order valence-electron chi connectivity index (χ4n) is 2.34. The molecule has 4 aromatic rings. The number of benzene rings is 1. The first kappa shape index (κ1) is 16.5. The number of hydrogen-bond acceptors (Lipinski definition) is 5. The van der Waals surface area contributed by atoms with Crippen molar-refractivity contribution in [3.8, 4) is 5.13 Å². The topological polar surface area (TPSA) is 59.8 Å². The lowest BCUT2D eigenvalue weighted by Gasteiger charge is -2.05. The smallest absolute Gasteiger partial charge is 0.266 e. The summed E-state index contributed by atoms with van der Waals surface area (Å²) in [6, 6.07) is 10.8. The summed E-state index contributed by atoms with van der Waals surface area (Å²) >= 11 is 14.8. The van der Waals surface area contributed by atoms with E-state index < -0.39 is 0 Å². The molecule has 1 aromatic carbocycles. The van der Waals surface area contributed by atoms with E-state index in [0.717, 1.165) is 15.9 Å². The zero-order valence-corrected chi connectivity index (χ0v) is 15.9. The lowest BCUT2D eigenvalue weighted by atomic mass is 10.3. The second kappa shape index (κ2) is 6.42. The molecule has 0 saturated carbocycles. The number of thiazole rings is 1. The van der Waals surface area contributed by atoms with Crippen LogP contribution in [0.4, 0.5) is 5.82 Å². The van der Waals surface area contributed by atoms with Crippen LogP contribution in [-0.4, -0.2) is 20.7 Å². The quantitative estimate of drug-likeness (QED) is 0.492. The number of fused-ring (bicyclic) bond motifs is 1. The van der Waals surface area contributed by atoms with Gasteiger partial charge in [-0.1, -0.05) is 40.6 Å². The molecule has 0 fully saturated rings. The van der Waals surface area contributed by atoms with Gasteiger partial charge in [-0.15, -0.1) is 11.3 Å². The molecule has 3 heterocycles. The molecular weight excluding hydrogens is 399 g/mol. The third kappa shape index (κ3) is 3.16. The van der Waals surface area contributed by atoms with Gasteiger partial charge in [-0.3, -0.25) is 4.79 Å². The van der Waals surface area contributed by atoms with Crippen LogP contribution in [0.15, 0.2) is 36.4 Å². The van der Waals surface area contributed by atoms with Gasteiger partial charge < -0.3 is 5.32 Å². The molecule has 5 nitrogen and oxygen atoms in total. The largest absolute Gasteiger partial charge is 0.306 e. The van der Waals surface area contributed by atoms with Gasteiger partial charge in [0, 0.05) is 6.07 Å². The number of nitrogens with one attached hydrogen (secondary N) is 1. The maximum Gasteiger partial charge on any atom is 0.266 e. The fourth-order valence-corrected chi connectivity index (χ4v) is 4.51. The predicted molar refractivity (Wildman–Crippen MR) is 104 cm³/mol. The van der Waals surface area contributed by atoms with Crippen molar-refractivity contribution in [2.45, 2.75) is 6.92 Å². The molecule has 0 saturated heterocycles. The lowest BCUT2D eigenvalue weighted by molar-refractivity contribution is 0.103. The van der Waals surface area contributed by atoms with E-state index in [2.05, 4.69) is 15.4 Å². The van der Waals surface area contributed by atoms with E-state index in [-0.39, 0.29) is 5.91 Å². The van der Waals surface area contributed by atoms with E-state index in [4.69, 9.17) is 23.2 Å². The maximum absolute atomic E-state index is 12.4. The first-order valence-electron chi connectivity index (χ1n) is 7.20. The van der Waals surface area contributed by atoms with Gasteiger partial charge in [-0.05, 0) is 31.2 Å². The second-order valence-corrected chi connectivity index (χ2v) is 8.36. The van der Waals surface area contributed by atoms with E-state index in [0.29, 0.717) is 25.2 Å². The summed E-state index contributed by atoms with van der Waals surface area (Å²) in [6.07, 6.45) is 0. The predicted octanol–water partition coefficient (Wildman–Crippen LogP) is 5.41. The van der Waals surface area contributed by atoms with Crippen molar-refractivity contribution in [2.75, 3.05) is 5.32 Å². The molecule has 9 heteroatoms. The summed E-state index contributed by atoms with van der Waals surface area (Å²) < 4.78 is 3.14. The number of anilines is 1. The number of nitrogens with zero attached hydrogens (tertiary/aromatic N) is 3. The molecule has 1 N–H and O–H groups in total. The Labute approximate surface area is 160 Å². The summed E-state index contributed by atoms with van der Waals surface area (Å²) in [4.78, 5) is 17.5. The van der Waals surface area contributed by atoms with Crippen LogP contribution >= 0.6 is 45.9 Å². The lowest BCUT2D eigenvalue weighted by Crippen LogP contribution is -2.13. The first-order chi connectivity index (χ1) is 12.0. The molecule has 0 radical (unpaired) electrons. The zero-order chi connectivity index (χ0) is 17.6. The van der Waals surface area contributed by atoms with Crippen molar-refractivity contribution in [3.63, 3.8) is 0 Å². The maximum atomic E-state index is 12.4. The molecule has 25 heavy (non-hydrogen) atoms. The van der Waals surface area contributed by atoms with Crippen LogP contribution < -0.4 is 5.32 Å². The SMILES string of the molecule is Cc1cc(NC(=O)c2ccc(Cl)s2)n(-c2nc3c(Cl)cccc3s2)n1. The molecule has 0 spiro atoms. The number of rotatable bonds is 3. The number of thiophene rings is 1. The van der Waals surface area contributed by atoms with Crippen molar-refractivity contribution < 1.29 is 4.79 Å². The van der Waals surface area contributed by atoms with E-state index in [1.54, 1.807) is 28.9 Å². The average molecular weight is 409 g/mol. The Balaban J connectivity index is 1.73. The van der Waals surface area contributed by atoms with Gasteiger partial charge in [-0.2, -0.15) is 9.78 Å². The van der Waals surface area contributed by atoms with Gasteiger partial charge >= 0.3 is 0 Å². The number of amides is 1. The minimum atomic E-state index is -0.239. The molecule has 126 valence electrons. The van der Waals surface area contributed by atoms with Gasteiger partial charge in [-0.25, -0.2) is 4.98 Å². The van der Waals surface area contributed by atoms with Crippen LogP contribution in [0.3, 0.4) is 0 Å². The van der Waals surface area contributed by atoms with Crippen LogP contribution in [0.5, 0.6) is 0 Å². The zero-order valence-electron chi connectivity index (χ0n) is 12.8. The van der Waals surface area contributed by atoms with Crippen molar-refractivity contribution in [3.05, 3.63) is 56.3 Å². The molecule has 1 amide bonds. The minimum Gasteiger partial charge on any atom is -0.306 e. The Morgan fingerprint density at radius 1 is 1.20 bits per heavy atom. The van der Waals surface area contributed by atoms with E-state index >= 15 is 0 Å². The number of aryl methyl sites for hydroxylation is 1. The normalized spacial score (nSPS) is 11.2. The molecule has 0 aliphatic carbocycles. The Bertz CT molecular complexity index is 1100. The summed E-state index contributed by atoms with van der Waals surface area (Å²) in [6.45, 7) is 1.86. The second-order valence-electron chi connectivity index (χ2n) is 5.22. The monoisotopic (exact) mass is 408 g/mol. The first-order valence-corrected chi connectivity index (χ1v) is 9.59. The summed E-state index contributed by atoms with van der Waals surface area (Å²) in [5, 5.41) is 8.53. The summed E-state index contributed by atoms with van der Waals surface area (Å²) in [5.74, 6) is 0.305. The highest BCUT2D eigenvalue weighted by atomic mass is 35.5. The third-order valence-corrected chi connectivity index (χ3v) is 5.94. The van der Waals surface area contributed by atoms with Crippen LogP contribution in [-0.2, 0) is 0 Å². The van der Waals surface area contributed by atoms with Gasteiger partial charge in [0.15, 0.2) is 0 Å². The van der Waals surface area contributed by atoms with Crippen molar-refractivity contribution in [1.29, 1.82) is 0 Å². The number of hydrogen-bond donors (Lipinski definition) is 1. The molecule has 0 bridgehead atoms.